The van der Waals surface area contributed by atoms with Crippen LogP contribution >= 0.6 is 23.4 Å². The van der Waals surface area contributed by atoms with Crippen molar-refractivity contribution in [1.82, 2.24) is 10.2 Å². The number of hydrogen-bond acceptors (Lipinski definition) is 8. The number of aromatic nitrogens is 2. The van der Waals surface area contributed by atoms with Crippen molar-refractivity contribution in [2.45, 2.75) is 5.22 Å². The van der Waals surface area contributed by atoms with E-state index < -0.39 is 10.9 Å². The van der Waals surface area contributed by atoms with Crippen LogP contribution in [0.1, 0.15) is 5.76 Å². The second-order valence-electron chi connectivity index (χ2n) is 6.27. The van der Waals surface area contributed by atoms with Crippen molar-refractivity contribution in [2.24, 2.45) is 0 Å². The average Bonchev–Trinajstić information content (AvgIpc) is 3.43. The van der Waals surface area contributed by atoms with Crippen LogP contribution in [0, 0.1) is 10.1 Å². The summed E-state index contributed by atoms with van der Waals surface area (Å²) in [6, 6.07) is 15.9. The molecule has 2 heterocycles. The number of carbonyl (C=O) groups is 1. The first-order valence-corrected chi connectivity index (χ1v) is 10.2. The standard InChI is InChI=1S/C21H12ClN3O6S/c22-16-4-2-1-3-15(16)19-23-24-21(31-19)32-18(20(26)27)11-14-9-10-17(30-14)12-5-7-13(8-6-12)25(28)29/h1-11H,(H,26,27)/b18-11-. The smallest absolute Gasteiger partial charge is 0.342 e. The first-order chi connectivity index (χ1) is 15.4. The number of non-ortho nitro benzene ring substituents is 1. The molecule has 9 nitrogen and oxygen atoms in total. The van der Waals surface area contributed by atoms with E-state index in [4.69, 9.17) is 20.4 Å². The van der Waals surface area contributed by atoms with Gasteiger partial charge in [-0.3, -0.25) is 10.1 Å². The highest BCUT2D eigenvalue weighted by atomic mass is 35.5. The van der Waals surface area contributed by atoms with Gasteiger partial charge < -0.3 is 13.9 Å². The fraction of sp³-hybridized carbons (Fsp3) is 0. The third kappa shape index (κ3) is 4.71. The van der Waals surface area contributed by atoms with Gasteiger partial charge in [0.1, 0.15) is 16.4 Å². The van der Waals surface area contributed by atoms with E-state index in [2.05, 4.69) is 10.2 Å². The lowest BCUT2D eigenvalue weighted by Crippen LogP contribution is -1.96. The summed E-state index contributed by atoms with van der Waals surface area (Å²) in [4.78, 5) is 21.9. The monoisotopic (exact) mass is 469 g/mol. The van der Waals surface area contributed by atoms with Crippen molar-refractivity contribution >= 4 is 41.1 Å². The minimum absolute atomic E-state index is 0.0238. The highest BCUT2D eigenvalue weighted by Crippen LogP contribution is 2.33. The van der Waals surface area contributed by atoms with Gasteiger partial charge in [0.15, 0.2) is 0 Å². The molecule has 4 aromatic rings. The summed E-state index contributed by atoms with van der Waals surface area (Å²) in [6.45, 7) is 0. The summed E-state index contributed by atoms with van der Waals surface area (Å²) in [5.74, 6) is -0.337. The van der Waals surface area contributed by atoms with E-state index in [1.807, 2.05) is 0 Å². The second kappa shape index (κ2) is 9.08. The van der Waals surface area contributed by atoms with E-state index >= 15 is 0 Å². The van der Waals surface area contributed by atoms with Crippen LogP contribution in [0.5, 0.6) is 0 Å². The highest BCUT2D eigenvalue weighted by Gasteiger charge is 2.18. The van der Waals surface area contributed by atoms with Crippen LogP contribution in [0.2, 0.25) is 5.02 Å². The molecule has 2 aromatic carbocycles. The molecule has 0 amide bonds. The summed E-state index contributed by atoms with van der Waals surface area (Å²) in [5.41, 5.74) is 1.11. The van der Waals surface area contributed by atoms with E-state index in [9.17, 15) is 20.0 Å². The van der Waals surface area contributed by atoms with Crippen LogP contribution in [-0.2, 0) is 4.79 Å². The predicted octanol–water partition coefficient (Wildman–Crippen LogP) is 5.78. The number of thioether (sulfide) groups is 1. The molecule has 4 rings (SSSR count). The molecule has 0 fully saturated rings. The first kappa shape index (κ1) is 21.3. The minimum Gasteiger partial charge on any atom is -0.477 e. The Morgan fingerprint density at radius 2 is 1.81 bits per heavy atom. The molecule has 0 aliphatic carbocycles. The number of carboxylic acids is 1. The van der Waals surface area contributed by atoms with Gasteiger partial charge in [-0.25, -0.2) is 4.79 Å². The molecule has 0 bridgehead atoms. The Morgan fingerprint density at radius 1 is 1.06 bits per heavy atom. The number of nitrogens with zero attached hydrogens (tertiary/aromatic N) is 3. The molecule has 0 radical (unpaired) electrons. The van der Waals surface area contributed by atoms with Gasteiger partial charge in [0.2, 0.25) is 5.89 Å². The van der Waals surface area contributed by atoms with Crippen LogP contribution in [0.25, 0.3) is 28.9 Å². The second-order valence-corrected chi connectivity index (χ2v) is 7.68. The SMILES string of the molecule is O=C(O)/C(=C/c1ccc(-c2ccc([N+](=O)[O-])cc2)o1)Sc1nnc(-c2ccccc2Cl)o1. The Hall–Kier alpha value is -3.89. The number of furan rings is 1. The molecule has 0 saturated heterocycles. The van der Waals surface area contributed by atoms with Crippen LogP contribution in [0.3, 0.4) is 0 Å². The summed E-state index contributed by atoms with van der Waals surface area (Å²) in [7, 11) is 0. The van der Waals surface area contributed by atoms with Crippen molar-refractivity contribution in [3.8, 4) is 22.8 Å². The number of halogens is 1. The number of nitro benzene ring substituents is 1. The number of aliphatic carboxylic acids is 1. The fourth-order valence-electron chi connectivity index (χ4n) is 2.69. The molecule has 2 aromatic heterocycles. The average molecular weight is 470 g/mol. The van der Waals surface area contributed by atoms with Gasteiger partial charge in [-0.2, -0.15) is 0 Å². The van der Waals surface area contributed by atoms with Gasteiger partial charge in [-0.1, -0.05) is 23.7 Å². The molecule has 0 spiro atoms. The molecule has 0 atom stereocenters. The van der Waals surface area contributed by atoms with Crippen molar-refractivity contribution < 1.29 is 23.7 Å². The number of carboxylic acid groups (broad SMARTS) is 1. The van der Waals surface area contributed by atoms with E-state index in [1.54, 1.807) is 48.5 Å². The normalized spacial score (nSPS) is 11.5. The van der Waals surface area contributed by atoms with Gasteiger partial charge in [0.25, 0.3) is 10.9 Å². The number of rotatable bonds is 7. The van der Waals surface area contributed by atoms with E-state index in [0.717, 1.165) is 11.8 Å². The zero-order valence-electron chi connectivity index (χ0n) is 16.0. The van der Waals surface area contributed by atoms with Crippen LogP contribution in [-0.4, -0.2) is 26.2 Å². The maximum atomic E-state index is 11.7. The molecule has 0 aliphatic heterocycles. The molecule has 0 aliphatic rings. The highest BCUT2D eigenvalue weighted by molar-refractivity contribution is 8.03. The lowest BCUT2D eigenvalue weighted by molar-refractivity contribution is -0.384. The quantitative estimate of drug-likeness (QED) is 0.155. The minimum atomic E-state index is -1.21. The van der Waals surface area contributed by atoms with Crippen molar-refractivity contribution in [3.05, 3.63) is 86.5 Å². The third-order valence-corrected chi connectivity index (χ3v) is 5.36. The Kier molecular flexibility index (Phi) is 6.06. The Labute approximate surface area is 189 Å². The summed E-state index contributed by atoms with van der Waals surface area (Å²) in [6.07, 6.45) is 1.32. The first-order valence-electron chi connectivity index (χ1n) is 8.96. The summed E-state index contributed by atoms with van der Waals surface area (Å²) in [5, 5.41) is 28.6. The molecule has 1 N–H and O–H groups in total. The van der Waals surface area contributed by atoms with Crippen molar-refractivity contribution in [2.75, 3.05) is 0 Å². The van der Waals surface area contributed by atoms with Crippen molar-refractivity contribution in [3.63, 3.8) is 0 Å². The largest absolute Gasteiger partial charge is 0.477 e. The zero-order chi connectivity index (χ0) is 22.7. The summed E-state index contributed by atoms with van der Waals surface area (Å²) >= 11 is 6.89. The molecule has 11 heteroatoms. The Balaban J connectivity index is 1.55. The fourth-order valence-corrected chi connectivity index (χ4v) is 3.55. The molecule has 0 saturated carbocycles. The maximum absolute atomic E-state index is 11.7. The van der Waals surface area contributed by atoms with Gasteiger partial charge in [-0.05, 0) is 48.2 Å². The molecule has 32 heavy (non-hydrogen) atoms. The van der Waals surface area contributed by atoms with E-state index in [1.165, 1.54) is 18.2 Å². The van der Waals surface area contributed by atoms with Gasteiger partial charge in [0.05, 0.1) is 15.5 Å². The zero-order valence-corrected chi connectivity index (χ0v) is 17.5. The lowest BCUT2D eigenvalue weighted by Gasteiger charge is -1.99. The Morgan fingerprint density at radius 3 is 2.50 bits per heavy atom. The van der Waals surface area contributed by atoms with Gasteiger partial charge >= 0.3 is 5.97 Å². The van der Waals surface area contributed by atoms with E-state index in [-0.39, 0.29) is 27.5 Å². The van der Waals surface area contributed by atoms with Crippen LogP contribution in [0.15, 0.2) is 79.6 Å². The molecule has 0 unspecified atom stereocenters. The predicted molar refractivity (Wildman–Crippen MR) is 117 cm³/mol. The number of benzene rings is 2. The lowest BCUT2D eigenvalue weighted by atomic mass is 10.1. The van der Waals surface area contributed by atoms with Crippen LogP contribution < -0.4 is 0 Å². The number of nitro groups is 1. The maximum Gasteiger partial charge on any atom is 0.342 e. The van der Waals surface area contributed by atoms with Crippen molar-refractivity contribution in [1.29, 1.82) is 0 Å². The topological polar surface area (TPSA) is 132 Å². The van der Waals surface area contributed by atoms with Gasteiger partial charge in [0, 0.05) is 23.8 Å². The summed E-state index contributed by atoms with van der Waals surface area (Å²) < 4.78 is 11.2. The Bertz CT molecular complexity index is 1330. The van der Waals surface area contributed by atoms with Gasteiger partial charge in [-0.15, -0.1) is 10.2 Å². The number of hydrogen-bond donors (Lipinski definition) is 1. The van der Waals surface area contributed by atoms with Crippen LogP contribution in [0.4, 0.5) is 5.69 Å². The molecular formula is C21H12ClN3O6S. The van der Waals surface area contributed by atoms with E-state index in [0.29, 0.717) is 21.9 Å². The molecule has 160 valence electrons. The third-order valence-electron chi connectivity index (χ3n) is 4.18. The molecular weight excluding hydrogens is 458 g/mol.